The van der Waals surface area contributed by atoms with E-state index in [1.165, 1.54) is 25.7 Å². The number of carbonyl (C=O) groups excluding carboxylic acids is 1. The summed E-state index contributed by atoms with van der Waals surface area (Å²) in [6, 6.07) is 0.957. The molecule has 1 atom stereocenters. The molecule has 0 aromatic rings. The van der Waals surface area contributed by atoms with Gasteiger partial charge < -0.3 is 15.4 Å². The number of amides is 1. The molecule has 3 aliphatic heterocycles. The SMILES string of the molecule is O=C(CN1CCCC1C1CCNCC1)NC1CCOCC1. The molecule has 2 N–H and O–H groups in total. The predicted octanol–water partition coefficient (Wildman–Crippen LogP) is 0.746. The summed E-state index contributed by atoms with van der Waals surface area (Å²) < 4.78 is 5.34. The third kappa shape index (κ3) is 4.18. The number of rotatable bonds is 4. The molecule has 1 amide bonds. The number of hydrogen-bond acceptors (Lipinski definition) is 4. The monoisotopic (exact) mass is 295 g/mol. The second-order valence-electron chi connectivity index (χ2n) is 6.72. The lowest BCUT2D eigenvalue weighted by atomic mass is 9.89. The molecule has 0 saturated carbocycles. The van der Waals surface area contributed by atoms with Gasteiger partial charge in [0.15, 0.2) is 0 Å². The van der Waals surface area contributed by atoms with E-state index in [1.54, 1.807) is 0 Å². The number of carbonyl (C=O) groups is 1. The van der Waals surface area contributed by atoms with Gasteiger partial charge >= 0.3 is 0 Å². The number of piperidine rings is 1. The zero-order chi connectivity index (χ0) is 14.5. The Balaban J connectivity index is 1.47. The smallest absolute Gasteiger partial charge is 0.234 e. The van der Waals surface area contributed by atoms with Crippen LogP contribution in [0, 0.1) is 5.92 Å². The Bertz CT molecular complexity index is 338. The molecule has 3 rings (SSSR count). The highest BCUT2D eigenvalue weighted by Gasteiger charge is 2.33. The van der Waals surface area contributed by atoms with Crippen LogP contribution in [-0.2, 0) is 9.53 Å². The number of ether oxygens (including phenoxy) is 1. The van der Waals surface area contributed by atoms with Crippen LogP contribution in [-0.4, -0.2) is 62.3 Å². The summed E-state index contributed by atoms with van der Waals surface area (Å²) in [6.45, 7) is 5.53. The zero-order valence-electron chi connectivity index (χ0n) is 13.0. The van der Waals surface area contributed by atoms with Crippen molar-refractivity contribution in [2.75, 3.05) is 39.4 Å². The van der Waals surface area contributed by atoms with Gasteiger partial charge in [0.1, 0.15) is 0 Å². The van der Waals surface area contributed by atoms with Crippen molar-refractivity contribution in [3.63, 3.8) is 0 Å². The number of nitrogens with zero attached hydrogens (tertiary/aromatic N) is 1. The summed E-state index contributed by atoms with van der Waals surface area (Å²) in [4.78, 5) is 14.7. The summed E-state index contributed by atoms with van der Waals surface area (Å²) in [5.41, 5.74) is 0. The predicted molar refractivity (Wildman–Crippen MR) is 82.2 cm³/mol. The van der Waals surface area contributed by atoms with Gasteiger partial charge in [-0.3, -0.25) is 9.69 Å². The van der Waals surface area contributed by atoms with E-state index in [-0.39, 0.29) is 5.91 Å². The summed E-state index contributed by atoms with van der Waals surface area (Å²) in [7, 11) is 0. The minimum atomic E-state index is 0.211. The van der Waals surface area contributed by atoms with Crippen molar-refractivity contribution in [1.82, 2.24) is 15.5 Å². The minimum absolute atomic E-state index is 0.211. The molecule has 5 nitrogen and oxygen atoms in total. The molecule has 0 spiro atoms. The van der Waals surface area contributed by atoms with Gasteiger partial charge in [0.2, 0.25) is 5.91 Å². The van der Waals surface area contributed by atoms with E-state index in [4.69, 9.17) is 4.74 Å². The van der Waals surface area contributed by atoms with Crippen molar-refractivity contribution in [2.24, 2.45) is 5.92 Å². The molecule has 120 valence electrons. The minimum Gasteiger partial charge on any atom is -0.381 e. The molecular formula is C16H29N3O2. The Morgan fingerprint density at radius 1 is 1.14 bits per heavy atom. The van der Waals surface area contributed by atoms with E-state index in [2.05, 4.69) is 15.5 Å². The molecule has 0 aliphatic carbocycles. The summed E-state index contributed by atoms with van der Waals surface area (Å²) in [5.74, 6) is 0.993. The normalized spacial score (nSPS) is 29.6. The first-order chi connectivity index (χ1) is 10.3. The van der Waals surface area contributed by atoms with E-state index in [9.17, 15) is 4.79 Å². The van der Waals surface area contributed by atoms with Crippen LogP contribution in [0.2, 0.25) is 0 Å². The highest BCUT2D eigenvalue weighted by molar-refractivity contribution is 5.78. The third-order valence-electron chi connectivity index (χ3n) is 5.28. The topological polar surface area (TPSA) is 53.6 Å². The quantitative estimate of drug-likeness (QED) is 0.803. The van der Waals surface area contributed by atoms with Crippen LogP contribution in [0.25, 0.3) is 0 Å². The van der Waals surface area contributed by atoms with E-state index in [1.807, 2.05) is 0 Å². The van der Waals surface area contributed by atoms with Gasteiger partial charge in [-0.05, 0) is 64.1 Å². The fourth-order valence-corrected chi connectivity index (χ4v) is 4.11. The van der Waals surface area contributed by atoms with Crippen LogP contribution in [0.1, 0.15) is 38.5 Å². The third-order valence-corrected chi connectivity index (χ3v) is 5.28. The standard InChI is InChI=1S/C16H29N3O2/c20-16(18-14-5-10-21-11-6-14)12-19-9-1-2-15(19)13-3-7-17-8-4-13/h13-15,17H,1-12H2,(H,18,20). The first-order valence-electron chi connectivity index (χ1n) is 8.65. The molecule has 0 bridgehead atoms. The molecule has 3 fully saturated rings. The van der Waals surface area contributed by atoms with Crippen LogP contribution in [0.3, 0.4) is 0 Å². The molecule has 3 heterocycles. The van der Waals surface area contributed by atoms with E-state index < -0.39 is 0 Å². The number of nitrogens with one attached hydrogen (secondary N) is 2. The fraction of sp³-hybridized carbons (Fsp3) is 0.938. The first kappa shape index (κ1) is 15.3. The van der Waals surface area contributed by atoms with Gasteiger partial charge in [0.25, 0.3) is 0 Å². The van der Waals surface area contributed by atoms with E-state index in [0.717, 1.165) is 51.6 Å². The molecule has 21 heavy (non-hydrogen) atoms. The molecule has 0 aromatic heterocycles. The number of hydrogen-bond donors (Lipinski definition) is 2. The largest absolute Gasteiger partial charge is 0.381 e. The Morgan fingerprint density at radius 3 is 2.67 bits per heavy atom. The van der Waals surface area contributed by atoms with Crippen LogP contribution < -0.4 is 10.6 Å². The maximum absolute atomic E-state index is 12.3. The van der Waals surface area contributed by atoms with Crippen molar-refractivity contribution in [3.05, 3.63) is 0 Å². The summed E-state index contributed by atoms with van der Waals surface area (Å²) in [5, 5.41) is 6.63. The Morgan fingerprint density at radius 2 is 1.90 bits per heavy atom. The fourth-order valence-electron chi connectivity index (χ4n) is 4.11. The van der Waals surface area contributed by atoms with Crippen molar-refractivity contribution >= 4 is 5.91 Å². The molecule has 0 radical (unpaired) electrons. The van der Waals surface area contributed by atoms with Gasteiger partial charge in [-0.1, -0.05) is 0 Å². The van der Waals surface area contributed by atoms with Crippen molar-refractivity contribution in [2.45, 2.75) is 50.6 Å². The Kier molecular flexibility index (Phi) is 5.49. The molecule has 1 unspecified atom stereocenters. The maximum atomic E-state index is 12.3. The first-order valence-corrected chi connectivity index (χ1v) is 8.65. The molecule has 3 saturated heterocycles. The molecule has 0 aromatic carbocycles. The molecule has 3 aliphatic rings. The van der Waals surface area contributed by atoms with Crippen LogP contribution >= 0.6 is 0 Å². The zero-order valence-corrected chi connectivity index (χ0v) is 13.0. The highest BCUT2D eigenvalue weighted by atomic mass is 16.5. The Hall–Kier alpha value is -0.650. The van der Waals surface area contributed by atoms with Crippen LogP contribution in [0.4, 0.5) is 0 Å². The lowest BCUT2D eigenvalue weighted by Gasteiger charge is -2.34. The van der Waals surface area contributed by atoms with E-state index >= 15 is 0 Å². The average Bonchev–Trinajstić information content (AvgIpc) is 2.97. The summed E-state index contributed by atoms with van der Waals surface area (Å²) >= 11 is 0. The Labute approximate surface area is 127 Å². The van der Waals surface area contributed by atoms with Gasteiger partial charge in [0.05, 0.1) is 6.54 Å². The van der Waals surface area contributed by atoms with Gasteiger partial charge in [-0.15, -0.1) is 0 Å². The second kappa shape index (κ2) is 7.56. The van der Waals surface area contributed by atoms with Crippen molar-refractivity contribution in [1.29, 1.82) is 0 Å². The second-order valence-corrected chi connectivity index (χ2v) is 6.72. The van der Waals surface area contributed by atoms with E-state index in [0.29, 0.717) is 18.6 Å². The van der Waals surface area contributed by atoms with Crippen molar-refractivity contribution < 1.29 is 9.53 Å². The molecular weight excluding hydrogens is 266 g/mol. The van der Waals surface area contributed by atoms with Gasteiger partial charge in [0, 0.05) is 25.3 Å². The maximum Gasteiger partial charge on any atom is 0.234 e. The van der Waals surface area contributed by atoms with Gasteiger partial charge in [-0.2, -0.15) is 0 Å². The van der Waals surface area contributed by atoms with Crippen molar-refractivity contribution in [3.8, 4) is 0 Å². The highest BCUT2D eigenvalue weighted by Crippen LogP contribution is 2.29. The number of likely N-dealkylation sites (tertiary alicyclic amines) is 1. The molecule has 5 heteroatoms. The van der Waals surface area contributed by atoms with Crippen LogP contribution in [0.15, 0.2) is 0 Å². The lowest BCUT2D eigenvalue weighted by molar-refractivity contribution is -0.124. The average molecular weight is 295 g/mol. The summed E-state index contributed by atoms with van der Waals surface area (Å²) in [6.07, 6.45) is 6.98. The van der Waals surface area contributed by atoms with Gasteiger partial charge in [-0.25, -0.2) is 0 Å². The lowest BCUT2D eigenvalue weighted by Crippen LogP contribution is -2.47. The van der Waals surface area contributed by atoms with Crippen LogP contribution in [0.5, 0.6) is 0 Å².